The van der Waals surface area contributed by atoms with E-state index < -0.39 is 0 Å². The van der Waals surface area contributed by atoms with Crippen molar-refractivity contribution in [2.75, 3.05) is 0 Å². The molecule has 0 atom stereocenters. The fourth-order valence-electron chi connectivity index (χ4n) is 3.58. The van der Waals surface area contributed by atoms with Crippen LogP contribution in [-0.2, 0) is 0 Å². The summed E-state index contributed by atoms with van der Waals surface area (Å²) < 4.78 is 0. The van der Waals surface area contributed by atoms with Gasteiger partial charge in [0.25, 0.3) is 0 Å². The van der Waals surface area contributed by atoms with Gasteiger partial charge in [0.2, 0.25) is 0 Å². The Kier molecular flexibility index (Phi) is 3.20. The van der Waals surface area contributed by atoms with Crippen LogP contribution in [0.3, 0.4) is 0 Å². The van der Waals surface area contributed by atoms with Crippen LogP contribution in [0.2, 0.25) is 0 Å². The Morgan fingerprint density at radius 1 is 0.522 bits per heavy atom. The molecule has 0 amide bonds. The number of fused-ring (bicyclic) bond motifs is 2. The molecule has 0 heteroatoms. The lowest BCUT2D eigenvalue weighted by molar-refractivity contribution is 1.47. The van der Waals surface area contributed by atoms with Crippen LogP contribution in [0.4, 0.5) is 0 Å². The van der Waals surface area contributed by atoms with E-state index in [1.54, 1.807) is 0 Å². The predicted octanol–water partition coefficient (Wildman–Crippen LogP) is 6.59. The molecule has 4 aromatic rings. The van der Waals surface area contributed by atoms with Crippen LogP contribution in [0, 0.1) is 20.8 Å². The van der Waals surface area contributed by atoms with Gasteiger partial charge in [0.05, 0.1) is 0 Å². The van der Waals surface area contributed by atoms with E-state index in [4.69, 9.17) is 0 Å². The van der Waals surface area contributed by atoms with E-state index in [2.05, 4.69) is 87.5 Å². The summed E-state index contributed by atoms with van der Waals surface area (Å²) in [5, 5.41) is 5.41. The smallest absolute Gasteiger partial charge is 0.00265 e. The van der Waals surface area contributed by atoms with Crippen molar-refractivity contribution in [1.82, 2.24) is 0 Å². The number of rotatable bonds is 1. The van der Waals surface area contributed by atoms with Crippen molar-refractivity contribution in [2.24, 2.45) is 0 Å². The maximum Gasteiger partial charge on any atom is -0.00265 e. The second-order valence-electron chi connectivity index (χ2n) is 6.46. The van der Waals surface area contributed by atoms with Crippen LogP contribution in [0.25, 0.3) is 32.7 Å². The molecule has 0 nitrogen and oxygen atoms in total. The molecule has 23 heavy (non-hydrogen) atoms. The van der Waals surface area contributed by atoms with Crippen LogP contribution in [0.15, 0.2) is 66.7 Å². The second-order valence-corrected chi connectivity index (χ2v) is 6.46. The third-order valence-corrected chi connectivity index (χ3v) is 4.76. The molecular formula is C23H20. The molecule has 0 aliphatic heterocycles. The standard InChI is InChI=1S/C23H20/c1-15-10-12-20-21(13-15)17(3)19-11-9-16(2)14-22(19)23(20)18-7-5-4-6-8-18/h4-14H,1-3H3. The van der Waals surface area contributed by atoms with E-state index in [9.17, 15) is 0 Å². The lowest BCUT2D eigenvalue weighted by Gasteiger charge is -2.16. The van der Waals surface area contributed by atoms with Gasteiger partial charge in [-0.25, -0.2) is 0 Å². The normalized spacial score (nSPS) is 11.3. The number of hydrogen-bond donors (Lipinski definition) is 0. The van der Waals surface area contributed by atoms with Gasteiger partial charge in [-0.05, 0) is 59.0 Å². The zero-order chi connectivity index (χ0) is 16.0. The Morgan fingerprint density at radius 3 is 1.83 bits per heavy atom. The highest BCUT2D eigenvalue weighted by Crippen LogP contribution is 2.39. The molecule has 0 spiro atoms. The quantitative estimate of drug-likeness (QED) is 0.348. The van der Waals surface area contributed by atoms with Gasteiger partial charge in [-0.15, -0.1) is 0 Å². The molecule has 112 valence electrons. The predicted molar refractivity (Wildman–Crippen MR) is 101 cm³/mol. The van der Waals surface area contributed by atoms with Crippen molar-refractivity contribution in [3.05, 3.63) is 83.4 Å². The van der Waals surface area contributed by atoms with E-state index in [1.807, 2.05) is 0 Å². The highest BCUT2D eigenvalue weighted by Gasteiger charge is 2.13. The Hall–Kier alpha value is -2.60. The molecule has 0 unspecified atom stereocenters. The van der Waals surface area contributed by atoms with Gasteiger partial charge in [-0.1, -0.05) is 77.9 Å². The molecule has 0 aromatic heterocycles. The van der Waals surface area contributed by atoms with Crippen LogP contribution >= 0.6 is 0 Å². The van der Waals surface area contributed by atoms with Crippen LogP contribution in [0.5, 0.6) is 0 Å². The van der Waals surface area contributed by atoms with Crippen molar-refractivity contribution >= 4 is 21.5 Å². The Morgan fingerprint density at radius 2 is 1.13 bits per heavy atom. The highest BCUT2D eigenvalue weighted by atomic mass is 14.2. The molecule has 0 saturated heterocycles. The van der Waals surface area contributed by atoms with Crippen molar-refractivity contribution in [1.29, 1.82) is 0 Å². The second kappa shape index (κ2) is 5.24. The van der Waals surface area contributed by atoms with Crippen LogP contribution < -0.4 is 0 Å². The first-order valence-corrected chi connectivity index (χ1v) is 8.14. The van der Waals surface area contributed by atoms with E-state index in [0.29, 0.717) is 0 Å². The molecule has 4 rings (SSSR count). The van der Waals surface area contributed by atoms with Gasteiger partial charge < -0.3 is 0 Å². The Balaban J connectivity index is 2.28. The molecule has 0 heterocycles. The minimum absolute atomic E-state index is 1.29. The third kappa shape index (κ3) is 2.22. The van der Waals surface area contributed by atoms with Gasteiger partial charge in [-0.3, -0.25) is 0 Å². The lowest BCUT2D eigenvalue weighted by atomic mass is 9.88. The summed E-state index contributed by atoms with van der Waals surface area (Å²) >= 11 is 0. The van der Waals surface area contributed by atoms with Crippen LogP contribution in [0.1, 0.15) is 16.7 Å². The molecule has 0 aliphatic rings. The van der Waals surface area contributed by atoms with Crippen molar-refractivity contribution < 1.29 is 0 Å². The minimum Gasteiger partial charge on any atom is -0.0622 e. The summed E-state index contributed by atoms with van der Waals surface area (Å²) in [6, 6.07) is 24.4. The largest absolute Gasteiger partial charge is 0.0622 e. The van der Waals surface area contributed by atoms with Gasteiger partial charge in [0.1, 0.15) is 0 Å². The summed E-state index contributed by atoms with van der Waals surface area (Å²) in [6.07, 6.45) is 0. The Bertz CT molecular complexity index is 1020. The summed E-state index contributed by atoms with van der Waals surface area (Å²) in [5.74, 6) is 0. The van der Waals surface area contributed by atoms with Gasteiger partial charge in [-0.2, -0.15) is 0 Å². The monoisotopic (exact) mass is 296 g/mol. The highest BCUT2D eigenvalue weighted by molar-refractivity contribution is 6.15. The summed E-state index contributed by atoms with van der Waals surface area (Å²) in [7, 11) is 0. The molecule has 0 aliphatic carbocycles. The maximum absolute atomic E-state index is 2.32. The first-order valence-electron chi connectivity index (χ1n) is 8.14. The van der Waals surface area contributed by atoms with E-state index in [1.165, 1.54) is 49.4 Å². The van der Waals surface area contributed by atoms with E-state index in [0.717, 1.165) is 0 Å². The molecular weight excluding hydrogens is 276 g/mol. The minimum atomic E-state index is 1.29. The fraction of sp³-hybridized carbons (Fsp3) is 0.130. The van der Waals surface area contributed by atoms with Gasteiger partial charge in [0.15, 0.2) is 0 Å². The first kappa shape index (κ1) is 14.0. The van der Waals surface area contributed by atoms with Crippen molar-refractivity contribution in [2.45, 2.75) is 20.8 Å². The molecule has 0 N–H and O–H groups in total. The van der Waals surface area contributed by atoms with E-state index in [-0.39, 0.29) is 0 Å². The maximum atomic E-state index is 2.32. The third-order valence-electron chi connectivity index (χ3n) is 4.76. The average Bonchev–Trinajstić information content (AvgIpc) is 2.56. The summed E-state index contributed by atoms with van der Waals surface area (Å²) in [5.41, 5.74) is 6.63. The van der Waals surface area contributed by atoms with Gasteiger partial charge in [0, 0.05) is 0 Å². The first-order chi connectivity index (χ1) is 11.1. The average molecular weight is 296 g/mol. The summed E-state index contributed by atoms with van der Waals surface area (Å²) in [6.45, 7) is 6.58. The summed E-state index contributed by atoms with van der Waals surface area (Å²) in [4.78, 5) is 0. The molecule has 0 radical (unpaired) electrons. The SMILES string of the molecule is Cc1ccc2c(-c3ccccc3)c3cc(C)ccc3c(C)c2c1. The van der Waals surface area contributed by atoms with E-state index >= 15 is 0 Å². The van der Waals surface area contributed by atoms with Crippen molar-refractivity contribution in [3.8, 4) is 11.1 Å². The zero-order valence-electron chi connectivity index (χ0n) is 13.9. The molecule has 0 fully saturated rings. The van der Waals surface area contributed by atoms with Crippen LogP contribution in [-0.4, -0.2) is 0 Å². The number of hydrogen-bond acceptors (Lipinski definition) is 0. The zero-order valence-corrected chi connectivity index (χ0v) is 13.9. The molecule has 0 saturated carbocycles. The lowest BCUT2D eigenvalue weighted by Crippen LogP contribution is -1.91. The molecule has 0 bridgehead atoms. The fourth-order valence-corrected chi connectivity index (χ4v) is 3.58. The topological polar surface area (TPSA) is 0 Å². The Labute approximate surface area is 137 Å². The number of aryl methyl sites for hydroxylation is 3. The number of benzene rings is 4. The van der Waals surface area contributed by atoms with Gasteiger partial charge >= 0.3 is 0 Å². The van der Waals surface area contributed by atoms with Crippen molar-refractivity contribution in [3.63, 3.8) is 0 Å². The molecule has 4 aromatic carbocycles.